The smallest absolute Gasteiger partial charge is 0.146 e. The summed E-state index contributed by atoms with van der Waals surface area (Å²) in [6.07, 6.45) is 3.80. The molecule has 0 unspecified atom stereocenters. The van der Waals surface area contributed by atoms with E-state index >= 15 is 0 Å². The molecule has 1 aliphatic heterocycles. The molecule has 3 aromatic rings. The van der Waals surface area contributed by atoms with Crippen molar-refractivity contribution < 1.29 is 9.13 Å². The number of aliphatic imine (C=N–C) groups is 1. The number of fused-ring (bicyclic) bond motifs is 1. The van der Waals surface area contributed by atoms with Crippen LogP contribution in [0.5, 0.6) is 11.5 Å². The topological polar surface area (TPSA) is 24.8 Å². The highest BCUT2D eigenvalue weighted by molar-refractivity contribution is 6.32. The largest absolute Gasteiger partial charge is 0.456 e. The van der Waals surface area contributed by atoms with Crippen molar-refractivity contribution in [2.45, 2.75) is 33.2 Å². The highest BCUT2D eigenvalue weighted by atomic mass is 35.5. The first-order valence-corrected chi connectivity index (χ1v) is 11.0. The van der Waals surface area contributed by atoms with E-state index in [0.29, 0.717) is 27.8 Å². The van der Waals surface area contributed by atoms with Crippen LogP contribution < -0.4 is 9.64 Å². The zero-order valence-corrected chi connectivity index (χ0v) is 19.4. The lowest BCUT2D eigenvalue weighted by atomic mass is 9.88. The molecule has 0 aliphatic carbocycles. The second-order valence-electron chi connectivity index (χ2n) is 8.40. The first kappa shape index (κ1) is 22.1. The van der Waals surface area contributed by atoms with E-state index in [-0.39, 0.29) is 11.4 Å². The van der Waals surface area contributed by atoms with Crippen LogP contribution >= 0.6 is 11.6 Å². The Kier molecular flexibility index (Phi) is 6.07. The SMILES string of the molecule is CCN1c2cc(F)c(C=Nc3ccc(Oc4ccccc4Cl)cc3)cc2C(C)=CC1(C)C. The van der Waals surface area contributed by atoms with Gasteiger partial charge in [-0.1, -0.05) is 29.8 Å². The summed E-state index contributed by atoms with van der Waals surface area (Å²) in [6, 6.07) is 18.1. The number of allylic oxidation sites excluding steroid dienone is 1. The predicted octanol–water partition coefficient (Wildman–Crippen LogP) is 8.04. The number of nitrogens with zero attached hydrogens (tertiary/aromatic N) is 2. The number of hydrogen-bond donors (Lipinski definition) is 0. The van der Waals surface area contributed by atoms with E-state index in [9.17, 15) is 4.39 Å². The van der Waals surface area contributed by atoms with Gasteiger partial charge in [-0.05, 0) is 81.8 Å². The monoisotopic (exact) mass is 448 g/mol. The maximum atomic E-state index is 14.9. The minimum absolute atomic E-state index is 0.151. The van der Waals surface area contributed by atoms with Crippen molar-refractivity contribution in [3.05, 3.63) is 88.7 Å². The molecule has 0 fully saturated rings. The average molecular weight is 449 g/mol. The third-order valence-electron chi connectivity index (χ3n) is 5.67. The lowest BCUT2D eigenvalue weighted by Crippen LogP contribution is -2.45. The van der Waals surface area contributed by atoms with Crippen LogP contribution in [0.2, 0.25) is 5.02 Å². The van der Waals surface area contributed by atoms with Crippen LogP contribution in [0, 0.1) is 5.82 Å². The molecule has 3 nitrogen and oxygen atoms in total. The summed E-state index contributed by atoms with van der Waals surface area (Å²) in [5.41, 5.74) is 4.12. The van der Waals surface area contributed by atoms with Crippen LogP contribution in [0.25, 0.3) is 5.57 Å². The van der Waals surface area contributed by atoms with Gasteiger partial charge in [-0.25, -0.2) is 4.39 Å². The minimum atomic E-state index is -0.282. The Labute approximate surface area is 193 Å². The molecule has 1 aliphatic rings. The molecule has 0 radical (unpaired) electrons. The minimum Gasteiger partial charge on any atom is -0.456 e. The van der Waals surface area contributed by atoms with E-state index in [1.807, 2.05) is 48.5 Å². The summed E-state index contributed by atoms with van der Waals surface area (Å²) < 4.78 is 20.7. The molecule has 0 saturated carbocycles. The number of anilines is 1. The van der Waals surface area contributed by atoms with E-state index in [4.69, 9.17) is 16.3 Å². The van der Waals surface area contributed by atoms with Gasteiger partial charge >= 0.3 is 0 Å². The Morgan fingerprint density at radius 3 is 2.50 bits per heavy atom. The first-order valence-electron chi connectivity index (χ1n) is 10.7. The highest BCUT2D eigenvalue weighted by Gasteiger charge is 2.30. The molecule has 0 spiro atoms. The summed E-state index contributed by atoms with van der Waals surface area (Å²) in [6.45, 7) is 9.26. The van der Waals surface area contributed by atoms with Gasteiger partial charge in [0, 0.05) is 29.6 Å². The number of rotatable bonds is 5. The Bertz CT molecular complexity index is 1200. The zero-order valence-electron chi connectivity index (χ0n) is 18.7. The van der Waals surface area contributed by atoms with Gasteiger partial charge in [0.05, 0.1) is 16.2 Å². The van der Waals surface area contributed by atoms with Crippen molar-refractivity contribution in [2.24, 2.45) is 4.99 Å². The second kappa shape index (κ2) is 8.79. The Morgan fingerprint density at radius 1 is 1.09 bits per heavy atom. The van der Waals surface area contributed by atoms with E-state index in [0.717, 1.165) is 23.4 Å². The summed E-state index contributed by atoms with van der Waals surface area (Å²) in [7, 11) is 0. The van der Waals surface area contributed by atoms with Crippen molar-refractivity contribution in [3.63, 3.8) is 0 Å². The van der Waals surface area contributed by atoms with Crippen molar-refractivity contribution in [3.8, 4) is 11.5 Å². The van der Waals surface area contributed by atoms with Gasteiger partial charge in [0.25, 0.3) is 0 Å². The van der Waals surface area contributed by atoms with Gasteiger partial charge in [-0.15, -0.1) is 0 Å². The first-order chi connectivity index (χ1) is 15.3. The van der Waals surface area contributed by atoms with E-state index < -0.39 is 0 Å². The Balaban J connectivity index is 1.56. The van der Waals surface area contributed by atoms with E-state index in [1.165, 1.54) is 0 Å². The van der Waals surface area contributed by atoms with Gasteiger partial charge in [-0.3, -0.25) is 4.99 Å². The quantitative estimate of drug-likeness (QED) is 0.369. The third kappa shape index (κ3) is 4.42. The fraction of sp³-hybridized carbons (Fsp3) is 0.222. The summed E-state index contributed by atoms with van der Waals surface area (Å²) in [4.78, 5) is 6.68. The molecule has 32 heavy (non-hydrogen) atoms. The molecule has 0 saturated heterocycles. The normalized spacial score (nSPS) is 14.9. The van der Waals surface area contributed by atoms with Crippen molar-refractivity contribution >= 4 is 34.8 Å². The Hall–Kier alpha value is -3.11. The molecule has 1 heterocycles. The number of halogens is 2. The summed E-state index contributed by atoms with van der Waals surface area (Å²) in [5.74, 6) is 0.962. The van der Waals surface area contributed by atoms with Crippen LogP contribution in [0.15, 0.2) is 71.7 Å². The average Bonchev–Trinajstić information content (AvgIpc) is 2.75. The fourth-order valence-electron chi connectivity index (χ4n) is 4.19. The molecule has 4 rings (SSSR count). The molecule has 0 atom stereocenters. The summed E-state index contributed by atoms with van der Waals surface area (Å²) >= 11 is 6.14. The molecule has 164 valence electrons. The maximum absolute atomic E-state index is 14.9. The maximum Gasteiger partial charge on any atom is 0.146 e. The van der Waals surface area contributed by atoms with Gasteiger partial charge < -0.3 is 9.64 Å². The molecule has 3 aromatic carbocycles. The van der Waals surface area contributed by atoms with Gasteiger partial charge in [-0.2, -0.15) is 0 Å². The number of para-hydroxylation sites is 1. The fourth-order valence-corrected chi connectivity index (χ4v) is 4.36. The van der Waals surface area contributed by atoms with Crippen LogP contribution in [-0.2, 0) is 0 Å². The van der Waals surface area contributed by atoms with Gasteiger partial charge in [0.2, 0.25) is 0 Å². The van der Waals surface area contributed by atoms with Crippen LogP contribution in [0.3, 0.4) is 0 Å². The highest BCUT2D eigenvalue weighted by Crippen LogP contribution is 2.39. The molecule has 0 amide bonds. The molecular formula is C27H26ClFN2O. The molecule has 0 bridgehead atoms. The van der Waals surface area contributed by atoms with E-state index in [1.54, 1.807) is 18.3 Å². The molecule has 0 aromatic heterocycles. The van der Waals surface area contributed by atoms with Gasteiger partial charge in [0.15, 0.2) is 0 Å². The molecular weight excluding hydrogens is 423 g/mol. The van der Waals surface area contributed by atoms with Crippen molar-refractivity contribution in [1.29, 1.82) is 0 Å². The van der Waals surface area contributed by atoms with Crippen LogP contribution in [0.1, 0.15) is 38.8 Å². The molecule has 5 heteroatoms. The van der Waals surface area contributed by atoms with Gasteiger partial charge in [0.1, 0.15) is 17.3 Å². The zero-order chi connectivity index (χ0) is 22.9. The third-order valence-corrected chi connectivity index (χ3v) is 5.98. The Morgan fingerprint density at radius 2 is 1.81 bits per heavy atom. The van der Waals surface area contributed by atoms with Crippen LogP contribution in [0.4, 0.5) is 15.8 Å². The standard InChI is InChI=1S/C27H26ClFN2O/c1-5-31-25-15-24(29)19(14-22(25)18(2)16-27(31,3)4)17-30-20-10-12-21(13-11-20)32-26-9-7-6-8-23(26)28/h6-17H,5H2,1-4H3. The predicted molar refractivity (Wildman–Crippen MR) is 132 cm³/mol. The summed E-state index contributed by atoms with van der Waals surface area (Å²) in [5, 5.41) is 0.548. The number of benzene rings is 3. The number of hydrogen-bond acceptors (Lipinski definition) is 3. The van der Waals surface area contributed by atoms with Crippen molar-refractivity contribution in [2.75, 3.05) is 11.4 Å². The van der Waals surface area contributed by atoms with Crippen LogP contribution in [-0.4, -0.2) is 18.3 Å². The van der Waals surface area contributed by atoms with Crippen molar-refractivity contribution in [1.82, 2.24) is 0 Å². The molecule has 0 N–H and O–H groups in total. The number of ether oxygens (including phenoxy) is 1. The van der Waals surface area contributed by atoms with E-state index in [2.05, 4.69) is 43.7 Å². The lowest BCUT2D eigenvalue weighted by molar-refractivity contribution is 0.483. The number of likely N-dealkylation sites (N-methyl/N-ethyl adjacent to an activating group) is 1. The second-order valence-corrected chi connectivity index (χ2v) is 8.81. The lowest BCUT2D eigenvalue weighted by Gasteiger charge is -2.42.